The number of esters is 1. The number of carbonyl (C=O) groups excluding carboxylic acids is 1. The molecule has 0 amide bonds. The van der Waals surface area contributed by atoms with Gasteiger partial charge in [0, 0.05) is 11.8 Å². The van der Waals surface area contributed by atoms with Gasteiger partial charge < -0.3 is 38.6 Å². The van der Waals surface area contributed by atoms with Gasteiger partial charge in [-0.15, -0.1) is 0 Å². The van der Waals surface area contributed by atoms with Crippen LogP contribution in [-0.2, 0) is 53.0 Å². The van der Waals surface area contributed by atoms with E-state index >= 15 is 0 Å². The van der Waals surface area contributed by atoms with Gasteiger partial charge in [0.2, 0.25) is 20.8 Å². The molecule has 5 fully saturated rings. The van der Waals surface area contributed by atoms with Crippen molar-refractivity contribution in [3.63, 3.8) is 0 Å². The van der Waals surface area contributed by atoms with Crippen molar-refractivity contribution in [2.24, 2.45) is 40.4 Å². The SMILES string of the molecule is C=C1[C@H]2CC[C@H]3[C@]4(C)C[C@H](O[C@H]5O[C@H](CO)[C@@H](OS(=O)(=O)[O-])[C@H](OS(=O)(=O)[O-])[C@H]5OC(=O)CC(C)C)C[C@@H](C(=O)O)[C@H]4CC[C@]3(C2)[C@H]1O.[K+].[K+]. The summed E-state index contributed by atoms with van der Waals surface area (Å²) in [4.78, 5) is 25.6. The number of aliphatic hydroxyl groups excluding tert-OH is 2. The fourth-order valence-corrected chi connectivity index (χ4v) is 10.8. The zero-order valence-corrected chi connectivity index (χ0v) is 36.8. The summed E-state index contributed by atoms with van der Waals surface area (Å²) in [6.07, 6.45) is -8.49. The van der Waals surface area contributed by atoms with Gasteiger partial charge in [-0.05, 0) is 79.6 Å². The molecule has 5 rings (SSSR count). The third-order valence-electron chi connectivity index (χ3n) is 11.5. The van der Waals surface area contributed by atoms with E-state index in [1.165, 1.54) is 0 Å². The van der Waals surface area contributed by atoms with Crippen molar-refractivity contribution in [2.75, 3.05) is 6.61 Å². The summed E-state index contributed by atoms with van der Waals surface area (Å²) in [7, 11) is -11.3. The smallest absolute Gasteiger partial charge is 0.726 e. The molecule has 13 atom stereocenters. The summed E-state index contributed by atoms with van der Waals surface area (Å²) in [5.74, 6) is -3.38. The Hall–Kier alpha value is 1.53. The predicted octanol–water partition coefficient (Wildman–Crippen LogP) is -5.01. The summed E-state index contributed by atoms with van der Waals surface area (Å²) in [6.45, 7) is 8.41. The van der Waals surface area contributed by atoms with E-state index in [9.17, 15) is 50.8 Å². The van der Waals surface area contributed by atoms with Crippen LogP contribution in [0.25, 0.3) is 0 Å². The topological polar surface area (TPSA) is 255 Å². The molecule has 0 unspecified atom stereocenters. The van der Waals surface area contributed by atoms with Crippen LogP contribution in [0.15, 0.2) is 12.2 Å². The monoisotopic (exact) mass is 802 g/mol. The van der Waals surface area contributed by atoms with Crippen LogP contribution >= 0.6 is 0 Å². The van der Waals surface area contributed by atoms with E-state index < -0.39 is 99.0 Å². The normalized spacial score (nSPS) is 41.3. The van der Waals surface area contributed by atoms with Crippen molar-refractivity contribution >= 4 is 32.7 Å². The molecule has 0 aromatic carbocycles. The number of ether oxygens (including phenoxy) is 3. The number of carbonyl (C=O) groups is 2. The number of aliphatic carboxylic acids is 1. The molecule has 3 N–H and O–H groups in total. The Kier molecular flexibility index (Phi) is 15.9. The van der Waals surface area contributed by atoms with Crippen molar-refractivity contribution in [1.29, 1.82) is 0 Å². The van der Waals surface area contributed by atoms with E-state index in [0.29, 0.717) is 12.8 Å². The van der Waals surface area contributed by atoms with Gasteiger partial charge >= 0.3 is 115 Å². The van der Waals surface area contributed by atoms with Crippen LogP contribution < -0.4 is 103 Å². The molecule has 0 aromatic heterocycles. The number of hydrogen-bond donors (Lipinski definition) is 3. The van der Waals surface area contributed by atoms with Crippen molar-refractivity contribution < 1.29 is 176 Å². The minimum absolute atomic E-state index is 0. The Morgan fingerprint density at radius 1 is 1.02 bits per heavy atom. The van der Waals surface area contributed by atoms with Crippen molar-refractivity contribution in [1.82, 2.24) is 0 Å². The number of fused-ring (bicyclic) bond motifs is 3. The fourth-order valence-electron chi connectivity index (χ4n) is 9.81. The van der Waals surface area contributed by atoms with Gasteiger partial charge in [0.1, 0.15) is 18.3 Å². The van der Waals surface area contributed by atoms with Gasteiger partial charge in [0.25, 0.3) is 0 Å². The Bertz CT molecular complexity index is 1490. The first-order valence-electron chi connectivity index (χ1n) is 16.2. The second-order valence-corrected chi connectivity index (χ2v) is 16.8. The van der Waals surface area contributed by atoms with Crippen LogP contribution in [0, 0.1) is 40.4 Å². The molecule has 2 bridgehead atoms. The quantitative estimate of drug-likeness (QED) is 0.0442. The average Bonchev–Trinajstić information content (AvgIpc) is 3.12. The van der Waals surface area contributed by atoms with E-state index in [0.717, 1.165) is 24.8 Å². The first-order chi connectivity index (χ1) is 22.2. The summed E-state index contributed by atoms with van der Waals surface area (Å²) in [5.41, 5.74) is -0.359. The molecule has 1 saturated heterocycles. The molecule has 16 nitrogen and oxygen atoms in total. The van der Waals surface area contributed by atoms with Crippen molar-refractivity contribution in [3.05, 3.63) is 12.2 Å². The molecule has 5 aliphatic rings. The molecule has 274 valence electrons. The first kappa shape index (κ1) is 45.9. The zero-order valence-electron chi connectivity index (χ0n) is 29.0. The summed E-state index contributed by atoms with van der Waals surface area (Å²) < 4.78 is 96.9. The number of aliphatic hydroxyl groups is 2. The zero-order chi connectivity index (χ0) is 35.6. The first-order valence-corrected chi connectivity index (χ1v) is 18.8. The van der Waals surface area contributed by atoms with Crippen LogP contribution in [0.1, 0.15) is 72.1 Å². The van der Waals surface area contributed by atoms with E-state index in [1.807, 2.05) is 6.92 Å². The molecule has 1 spiro atoms. The molecule has 20 heteroatoms. The van der Waals surface area contributed by atoms with Gasteiger partial charge in [-0.25, -0.2) is 16.8 Å². The third-order valence-corrected chi connectivity index (χ3v) is 12.4. The predicted molar refractivity (Wildman–Crippen MR) is 159 cm³/mol. The van der Waals surface area contributed by atoms with E-state index in [4.69, 9.17) is 14.2 Å². The van der Waals surface area contributed by atoms with Gasteiger partial charge in [0.05, 0.1) is 24.7 Å². The Morgan fingerprint density at radius 3 is 2.20 bits per heavy atom. The Morgan fingerprint density at radius 2 is 1.64 bits per heavy atom. The maximum Gasteiger partial charge on any atom is 1.00 e. The Balaban J connectivity index is 0.00000338. The Labute approximate surface area is 377 Å². The van der Waals surface area contributed by atoms with E-state index in [2.05, 4.69) is 14.9 Å². The second-order valence-electron chi connectivity index (χ2n) is 14.8. The van der Waals surface area contributed by atoms with Crippen LogP contribution in [0.5, 0.6) is 0 Å². The summed E-state index contributed by atoms with van der Waals surface area (Å²) in [6, 6.07) is 0. The molecule has 1 aliphatic heterocycles. The molecule has 4 aliphatic carbocycles. The molecule has 0 aromatic rings. The van der Waals surface area contributed by atoms with Gasteiger partial charge in [0.15, 0.2) is 12.4 Å². The summed E-state index contributed by atoms with van der Waals surface area (Å²) >= 11 is 0. The minimum atomic E-state index is -5.69. The molecule has 1 heterocycles. The van der Waals surface area contributed by atoms with Gasteiger partial charge in [-0.1, -0.05) is 27.4 Å². The van der Waals surface area contributed by atoms with Gasteiger partial charge in [-0.2, -0.15) is 0 Å². The minimum Gasteiger partial charge on any atom is -0.726 e. The standard InChI is InChI=1S/C30H46O16S2.2K/c1-14(2)9-22(32)44-25-24(46-48(39,40)41)23(45-47(36,37)38)20(13-31)43-28(25)42-17-10-18(27(34)35)19-7-8-30-11-16(15(3)26(30)33)5-6-21(30)29(19,4)12-17;;/h14,16-21,23-26,28,31,33H,3,5-13H2,1-2,4H3,(H,34,35)(H,36,37,38)(H,39,40,41);;/q;2*+1/p-2/t16-,17+,18+,19+,20+,21-,23+,24-,25+,26-,28-,29+,30+;;/m0../s1. The van der Waals surface area contributed by atoms with Crippen LogP contribution in [0.4, 0.5) is 0 Å². The van der Waals surface area contributed by atoms with Gasteiger partial charge in [-0.3, -0.25) is 18.0 Å². The molecule has 4 saturated carbocycles. The molecule has 50 heavy (non-hydrogen) atoms. The fraction of sp³-hybridized carbons (Fsp3) is 0.867. The molecular weight excluding hydrogens is 759 g/mol. The third kappa shape index (κ3) is 9.55. The number of carboxylic acids is 1. The average molecular weight is 803 g/mol. The van der Waals surface area contributed by atoms with Crippen LogP contribution in [0.2, 0.25) is 0 Å². The maximum atomic E-state index is 12.9. The van der Waals surface area contributed by atoms with E-state index in [1.54, 1.807) is 13.8 Å². The maximum absolute atomic E-state index is 12.9. The number of hydrogen-bond acceptors (Lipinski definition) is 15. The summed E-state index contributed by atoms with van der Waals surface area (Å²) in [5, 5.41) is 31.9. The van der Waals surface area contributed by atoms with E-state index in [-0.39, 0.29) is 146 Å². The largest absolute Gasteiger partial charge is 1.00 e. The van der Waals surface area contributed by atoms with Crippen molar-refractivity contribution in [2.45, 2.75) is 115 Å². The second kappa shape index (κ2) is 17.4. The number of carboxylic acid groups (broad SMARTS) is 1. The molecule has 0 radical (unpaired) electrons. The van der Waals surface area contributed by atoms with Crippen LogP contribution in [0.3, 0.4) is 0 Å². The molecular formula is C30H44K2O16S2. The van der Waals surface area contributed by atoms with Crippen LogP contribution in [-0.4, -0.2) is 103 Å². The van der Waals surface area contributed by atoms with Crippen molar-refractivity contribution in [3.8, 4) is 0 Å². The number of rotatable bonds is 11.